The van der Waals surface area contributed by atoms with Crippen LogP contribution >= 0.6 is 0 Å². The van der Waals surface area contributed by atoms with Crippen LogP contribution in [0.25, 0.3) is 0 Å². The fraction of sp³-hybridized carbons (Fsp3) is 0.417. The molecule has 0 aliphatic heterocycles. The van der Waals surface area contributed by atoms with E-state index in [2.05, 4.69) is 0 Å². The van der Waals surface area contributed by atoms with Crippen LogP contribution in [0.4, 0.5) is 0 Å². The molecular formula is C12H16O3. The van der Waals surface area contributed by atoms with E-state index in [1.54, 1.807) is 24.3 Å². The molecule has 15 heavy (non-hydrogen) atoms. The van der Waals surface area contributed by atoms with Crippen LogP contribution in [0.2, 0.25) is 0 Å². The first-order valence-electron chi connectivity index (χ1n) is 5.14. The summed E-state index contributed by atoms with van der Waals surface area (Å²) in [5.41, 5.74) is 0.520. The third-order valence-corrected chi connectivity index (χ3v) is 2.10. The number of hydrogen-bond acceptors (Lipinski definition) is 3. The SMILES string of the molecule is CCC[C@@H](CO)OC(=O)c1ccccc1. The van der Waals surface area contributed by atoms with Crippen molar-refractivity contribution in [2.24, 2.45) is 0 Å². The van der Waals surface area contributed by atoms with Crippen molar-refractivity contribution in [3.8, 4) is 0 Å². The number of carbonyl (C=O) groups is 1. The van der Waals surface area contributed by atoms with Crippen LogP contribution in [0.1, 0.15) is 30.1 Å². The highest BCUT2D eigenvalue weighted by Crippen LogP contribution is 2.07. The van der Waals surface area contributed by atoms with E-state index >= 15 is 0 Å². The van der Waals surface area contributed by atoms with Crippen LogP contribution in [0, 0.1) is 0 Å². The van der Waals surface area contributed by atoms with Gasteiger partial charge in [-0.3, -0.25) is 0 Å². The van der Waals surface area contributed by atoms with Gasteiger partial charge in [0.1, 0.15) is 6.10 Å². The monoisotopic (exact) mass is 208 g/mol. The molecule has 0 aliphatic carbocycles. The Morgan fingerprint density at radius 2 is 2.07 bits per heavy atom. The van der Waals surface area contributed by atoms with Gasteiger partial charge in [0.05, 0.1) is 12.2 Å². The van der Waals surface area contributed by atoms with Gasteiger partial charge in [-0.25, -0.2) is 4.79 Å². The Labute approximate surface area is 89.7 Å². The lowest BCUT2D eigenvalue weighted by atomic mass is 10.2. The molecule has 82 valence electrons. The molecule has 0 amide bonds. The molecule has 1 atom stereocenters. The second-order valence-electron chi connectivity index (χ2n) is 3.36. The van der Waals surface area contributed by atoms with Gasteiger partial charge in [0.15, 0.2) is 0 Å². The maximum atomic E-state index is 11.6. The van der Waals surface area contributed by atoms with Crippen LogP contribution in [-0.2, 0) is 4.74 Å². The molecular weight excluding hydrogens is 192 g/mol. The summed E-state index contributed by atoms with van der Waals surface area (Å²) in [6, 6.07) is 8.80. The molecule has 0 bridgehead atoms. The molecule has 1 aromatic carbocycles. The highest BCUT2D eigenvalue weighted by atomic mass is 16.6. The fourth-order valence-corrected chi connectivity index (χ4v) is 1.30. The van der Waals surface area contributed by atoms with Crippen molar-refractivity contribution < 1.29 is 14.6 Å². The molecule has 0 aliphatic rings. The van der Waals surface area contributed by atoms with E-state index in [0.29, 0.717) is 12.0 Å². The zero-order valence-corrected chi connectivity index (χ0v) is 8.85. The Balaban J connectivity index is 2.55. The topological polar surface area (TPSA) is 46.5 Å². The molecule has 0 aromatic heterocycles. The number of aliphatic hydroxyl groups excluding tert-OH is 1. The minimum Gasteiger partial charge on any atom is -0.456 e. The Morgan fingerprint density at radius 1 is 1.40 bits per heavy atom. The summed E-state index contributed by atoms with van der Waals surface area (Å²) in [6.45, 7) is 1.87. The molecule has 0 fully saturated rings. The summed E-state index contributed by atoms with van der Waals surface area (Å²) in [4.78, 5) is 11.6. The van der Waals surface area contributed by atoms with Crippen molar-refractivity contribution in [2.45, 2.75) is 25.9 Å². The lowest BCUT2D eigenvalue weighted by molar-refractivity contribution is 0.0113. The van der Waals surface area contributed by atoms with Gasteiger partial charge < -0.3 is 9.84 Å². The Kier molecular flexibility index (Phi) is 4.84. The highest BCUT2D eigenvalue weighted by molar-refractivity contribution is 5.89. The van der Waals surface area contributed by atoms with Gasteiger partial charge >= 0.3 is 5.97 Å². The molecule has 3 nitrogen and oxygen atoms in total. The third-order valence-electron chi connectivity index (χ3n) is 2.10. The molecule has 1 N–H and O–H groups in total. The maximum absolute atomic E-state index is 11.6. The summed E-state index contributed by atoms with van der Waals surface area (Å²) in [5.74, 6) is -0.372. The van der Waals surface area contributed by atoms with Gasteiger partial charge in [-0.15, -0.1) is 0 Å². The van der Waals surface area contributed by atoms with Crippen molar-refractivity contribution in [1.29, 1.82) is 0 Å². The summed E-state index contributed by atoms with van der Waals surface area (Å²) in [7, 11) is 0. The summed E-state index contributed by atoms with van der Waals surface area (Å²) >= 11 is 0. The summed E-state index contributed by atoms with van der Waals surface area (Å²) < 4.78 is 5.14. The number of carbonyl (C=O) groups excluding carboxylic acids is 1. The van der Waals surface area contributed by atoms with E-state index < -0.39 is 0 Å². The Hall–Kier alpha value is -1.35. The first kappa shape index (κ1) is 11.7. The van der Waals surface area contributed by atoms with Gasteiger partial charge in [0.2, 0.25) is 0 Å². The number of esters is 1. The summed E-state index contributed by atoms with van der Waals surface area (Å²) in [5, 5.41) is 8.98. The molecule has 0 unspecified atom stereocenters. The first-order chi connectivity index (χ1) is 7.27. The number of ether oxygens (including phenoxy) is 1. The zero-order chi connectivity index (χ0) is 11.1. The van der Waals surface area contributed by atoms with Gasteiger partial charge in [0.25, 0.3) is 0 Å². The van der Waals surface area contributed by atoms with Crippen molar-refractivity contribution in [2.75, 3.05) is 6.61 Å². The quantitative estimate of drug-likeness (QED) is 0.753. The number of benzene rings is 1. The van der Waals surface area contributed by atoms with Crippen molar-refractivity contribution in [3.63, 3.8) is 0 Å². The Bertz CT molecular complexity index is 295. The van der Waals surface area contributed by atoms with Gasteiger partial charge in [0, 0.05) is 0 Å². The fourth-order valence-electron chi connectivity index (χ4n) is 1.30. The van der Waals surface area contributed by atoms with E-state index in [1.807, 2.05) is 13.0 Å². The van der Waals surface area contributed by atoms with Crippen LogP contribution in [0.3, 0.4) is 0 Å². The summed E-state index contributed by atoms with van der Waals surface area (Å²) in [6.07, 6.45) is 1.19. The van der Waals surface area contributed by atoms with E-state index in [1.165, 1.54) is 0 Å². The average Bonchev–Trinajstić information content (AvgIpc) is 2.29. The molecule has 3 heteroatoms. The maximum Gasteiger partial charge on any atom is 0.338 e. The standard InChI is InChI=1S/C12H16O3/c1-2-6-11(9-13)15-12(14)10-7-4-3-5-8-10/h3-5,7-8,11,13H,2,6,9H2,1H3/t11-/m0/s1. The first-order valence-corrected chi connectivity index (χ1v) is 5.14. The second-order valence-corrected chi connectivity index (χ2v) is 3.36. The van der Waals surface area contributed by atoms with Gasteiger partial charge in [-0.1, -0.05) is 31.5 Å². The molecule has 0 heterocycles. The minimum atomic E-state index is -0.386. The van der Waals surface area contributed by atoms with E-state index in [-0.39, 0.29) is 18.7 Å². The van der Waals surface area contributed by atoms with Crippen LogP contribution in [-0.4, -0.2) is 23.8 Å². The lowest BCUT2D eigenvalue weighted by Gasteiger charge is -2.14. The molecule has 1 rings (SSSR count). The van der Waals surface area contributed by atoms with Crippen molar-refractivity contribution in [1.82, 2.24) is 0 Å². The van der Waals surface area contributed by atoms with Gasteiger partial charge in [-0.2, -0.15) is 0 Å². The normalized spacial score (nSPS) is 12.1. The smallest absolute Gasteiger partial charge is 0.338 e. The molecule has 0 saturated heterocycles. The van der Waals surface area contributed by atoms with E-state index in [0.717, 1.165) is 6.42 Å². The largest absolute Gasteiger partial charge is 0.456 e. The number of hydrogen-bond donors (Lipinski definition) is 1. The van der Waals surface area contributed by atoms with Crippen molar-refractivity contribution in [3.05, 3.63) is 35.9 Å². The number of aliphatic hydroxyl groups is 1. The molecule has 1 aromatic rings. The highest BCUT2D eigenvalue weighted by Gasteiger charge is 2.13. The average molecular weight is 208 g/mol. The minimum absolute atomic E-state index is 0.119. The van der Waals surface area contributed by atoms with E-state index in [9.17, 15) is 4.79 Å². The van der Waals surface area contributed by atoms with Gasteiger partial charge in [-0.05, 0) is 18.6 Å². The molecule has 0 radical (unpaired) electrons. The van der Waals surface area contributed by atoms with Crippen LogP contribution in [0.15, 0.2) is 30.3 Å². The predicted molar refractivity (Wildman–Crippen MR) is 57.6 cm³/mol. The Morgan fingerprint density at radius 3 is 2.60 bits per heavy atom. The predicted octanol–water partition coefficient (Wildman–Crippen LogP) is 2.00. The van der Waals surface area contributed by atoms with Crippen molar-refractivity contribution >= 4 is 5.97 Å². The van der Waals surface area contributed by atoms with E-state index in [4.69, 9.17) is 9.84 Å². The zero-order valence-electron chi connectivity index (χ0n) is 8.85. The lowest BCUT2D eigenvalue weighted by Crippen LogP contribution is -2.21. The third kappa shape index (κ3) is 3.72. The van der Waals surface area contributed by atoms with Crippen LogP contribution < -0.4 is 0 Å². The second kappa shape index (κ2) is 6.19. The molecule has 0 spiro atoms. The van der Waals surface area contributed by atoms with Crippen LogP contribution in [0.5, 0.6) is 0 Å². The molecule has 0 saturated carbocycles. The number of rotatable bonds is 5.